The summed E-state index contributed by atoms with van der Waals surface area (Å²) >= 11 is 0. The van der Waals surface area contributed by atoms with Crippen molar-refractivity contribution in [3.63, 3.8) is 0 Å². The number of nitrogens with one attached hydrogen (secondary N) is 2. The first-order valence-electron chi connectivity index (χ1n) is 10.7. The molecule has 0 spiro atoms. The van der Waals surface area contributed by atoms with Crippen LogP contribution >= 0.6 is 0 Å². The number of para-hydroxylation sites is 1. The van der Waals surface area contributed by atoms with Crippen molar-refractivity contribution in [2.75, 3.05) is 0 Å². The lowest BCUT2D eigenvalue weighted by atomic mass is 9.95. The first kappa shape index (κ1) is 19.3. The zero-order chi connectivity index (χ0) is 21.0. The molecule has 0 atom stereocenters. The number of pyridine rings is 1. The molecule has 6 nitrogen and oxygen atoms in total. The molecule has 5 rings (SSSR count). The summed E-state index contributed by atoms with van der Waals surface area (Å²) in [5, 5.41) is 11.2. The van der Waals surface area contributed by atoms with Crippen LogP contribution in [0.15, 0.2) is 67.0 Å². The Morgan fingerprint density at radius 3 is 2.61 bits per heavy atom. The van der Waals surface area contributed by atoms with E-state index in [2.05, 4.69) is 20.5 Å². The molecule has 1 aliphatic carbocycles. The highest BCUT2D eigenvalue weighted by molar-refractivity contribution is 6.05. The molecule has 0 bridgehead atoms. The average molecular weight is 412 g/mol. The number of amides is 1. The average Bonchev–Trinajstić information content (AvgIpc) is 3.24. The first-order chi connectivity index (χ1) is 15.3. The summed E-state index contributed by atoms with van der Waals surface area (Å²) in [6.07, 6.45) is 9.16. The second-order valence-electron chi connectivity index (χ2n) is 7.97. The molecule has 4 aromatic rings. The molecular formula is C25H24N4O2. The van der Waals surface area contributed by atoms with Gasteiger partial charge in [0.25, 0.3) is 5.91 Å². The van der Waals surface area contributed by atoms with Crippen LogP contribution in [0.25, 0.3) is 22.0 Å². The molecule has 2 aromatic heterocycles. The fourth-order valence-electron chi connectivity index (χ4n) is 4.12. The van der Waals surface area contributed by atoms with Crippen LogP contribution in [-0.2, 0) is 0 Å². The van der Waals surface area contributed by atoms with E-state index in [1.54, 1.807) is 12.4 Å². The predicted molar refractivity (Wildman–Crippen MR) is 120 cm³/mol. The van der Waals surface area contributed by atoms with Crippen LogP contribution < -0.4 is 10.1 Å². The zero-order valence-corrected chi connectivity index (χ0v) is 17.2. The molecule has 1 fully saturated rings. The number of fused-ring (bicyclic) bond motifs is 1. The van der Waals surface area contributed by atoms with Crippen molar-refractivity contribution in [3.05, 3.63) is 72.7 Å². The molecule has 2 N–H and O–H groups in total. The van der Waals surface area contributed by atoms with Gasteiger partial charge in [0.05, 0.1) is 11.7 Å². The Bertz CT molecular complexity index is 1200. The third kappa shape index (κ3) is 4.28. The standard InChI is InChI=1S/C25H24N4O2/c30-25(27-19-7-3-1-4-8-19)24-22-14-17(11-12-23(22)28-29-24)18-13-21(16-26-15-18)31-20-9-5-2-6-10-20/h2,5-6,9-16,19H,1,3-4,7-8H2,(H,27,30)(H,28,29). The van der Waals surface area contributed by atoms with Gasteiger partial charge in [0.15, 0.2) is 5.69 Å². The number of aromatic amines is 1. The largest absolute Gasteiger partial charge is 0.456 e. The number of hydrogen-bond donors (Lipinski definition) is 2. The van der Waals surface area contributed by atoms with Gasteiger partial charge < -0.3 is 10.1 Å². The van der Waals surface area contributed by atoms with Crippen LogP contribution in [0.5, 0.6) is 11.5 Å². The normalized spacial score (nSPS) is 14.5. The molecule has 0 radical (unpaired) electrons. The van der Waals surface area contributed by atoms with Crippen LogP contribution in [0.1, 0.15) is 42.6 Å². The minimum absolute atomic E-state index is 0.116. The van der Waals surface area contributed by atoms with Gasteiger partial charge in [0, 0.05) is 23.2 Å². The summed E-state index contributed by atoms with van der Waals surface area (Å²) in [6, 6.07) is 17.7. The van der Waals surface area contributed by atoms with E-state index in [1.807, 2.05) is 54.6 Å². The van der Waals surface area contributed by atoms with E-state index < -0.39 is 0 Å². The van der Waals surface area contributed by atoms with Gasteiger partial charge in [0.1, 0.15) is 11.5 Å². The minimum Gasteiger partial charge on any atom is -0.456 e. The Morgan fingerprint density at radius 2 is 1.77 bits per heavy atom. The van der Waals surface area contributed by atoms with E-state index in [0.29, 0.717) is 11.4 Å². The molecular weight excluding hydrogens is 388 g/mol. The van der Waals surface area contributed by atoms with E-state index in [-0.39, 0.29) is 11.9 Å². The maximum Gasteiger partial charge on any atom is 0.272 e. The first-order valence-corrected chi connectivity index (χ1v) is 10.7. The number of ether oxygens (including phenoxy) is 1. The maximum atomic E-state index is 12.9. The van der Waals surface area contributed by atoms with Gasteiger partial charge in [-0.15, -0.1) is 0 Å². The number of carbonyl (C=O) groups is 1. The summed E-state index contributed by atoms with van der Waals surface area (Å²) in [5.41, 5.74) is 3.14. The molecule has 1 aliphatic rings. The van der Waals surface area contributed by atoms with Gasteiger partial charge in [-0.2, -0.15) is 5.10 Å². The number of H-pyrrole nitrogens is 1. The molecule has 1 amide bonds. The molecule has 0 aliphatic heterocycles. The second kappa shape index (κ2) is 8.60. The van der Waals surface area contributed by atoms with E-state index in [0.717, 1.165) is 40.6 Å². The van der Waals surface area contributed by atoms with Crippen LogP contribution in [0.4, 0.5) is 0 Å². The summed E-state index contributed by atoms with van der Waals surface area (Å²) in [4.78, 5) is 17.2. The second-order valence-corrected chi connectivity index (χ2v) is 7.97. The Morgan fingerprint density at radius 1 is 0.935 bits per heavy atom. The Kier molecular flexibility index (Phi) is 5.35. The van der Waals surface area contributed by atoms with Crippen molar-refractivity contribution in [1.29, 1.82) is 0 Å². The van der Waals surface area contributed by atoms with Crippen LogP contribution in [0.3, 0.4) is 0 Å². The van der Waals surface area contributed by atoms with Gasteiger partial charge in [-0.3, -0.25) is 14.9 Å². The van der Waals surface area contributed by atoms with Gasteiger partial charge in [-0.25, -0.2) is 0 Å². The van der Waals surface area contributed by atoms with Crippen LogP contribution in [0, 0.1) is 0 Å². The monoisotopic (exact) mass is 412 g/mol. The highest BCUT2D eigenvalue weighted by Gasteiger charge is 2.20. The Labute approximate surface area is 180 Å². The summed E-state index contributed by atoms with van der Waals surface area (Å²) in [7, 11) is 0. The lowest BCUT2D eigenvalue weighted by Crippen LogP contribution is -2.36. The minimum atomic E-state index is -0.116. The molecule has 6 heteroatoms. The third-order valence-electron chi connectivity index (χ3n) is 5.74. The smallest absolute Gasteiger partial charge is 0.272 e. The van der Waals surface area contributed by atoms with Crippen molar-refractivity contribution in [3.8, 4) is 22.6 Å². The maximum absolute atomic E-state index is 12.9. The van der Waals surface area contributed by atoms with Crippen molar-refractivity contribution in [1.82, 2.24) is 20.5 Å². The lowest BCUT2D eigenvalue weighted by Gasteiger charge is -2.22. The SMILES string of the molecule is O=C(NC1CCCCC1)c1n[nH]c2ccc(-c3cncc(Oc4ccccc4)c3)cc12. The highest BCUT2D eigenvalue weighted by Crippen LogP contribution is 2.29. The van der Waals surface area contributed by atoms with E-state index >= 15 is 0 Å². The lowest BCUT2D eigenvalue weighted by molar-refractivity contribution is 0.0924. The summed E-state index contributed by atoms with van der Waals surface area (Å²) in [5.74, 6) is 1.30. The molecule has 0 saturated heterocycles. The van der Waals surface area contributed by atoms with Gasteiger partial charge in [0.2, 0.25) is 0 Å². The number of aromatic nitrogens is 3. The fraction of sp³-hybridized carbons (Fsp3) is 0.240. The van der Waals surface area contributed by atoms with Crippen molar-refractivity contribution >= 4 is 16.8 Å². The number of rotatable bonds is 5. The predicted octanol–water partition coefficient (Wildman–Crippen LogP) is 5.48. The van der Waals surface area contributed by atoms with Crippen molar-refractivity contribution < 1.29 is 9.53 Å². The quantitative estimate of drug-likeness (QED) is 0.455. The number of benzene rings is 2. The van der Waals surface area contributed by atoms with Crippen LogP contribution in [0.2, 0.25) is 0 Å². The fourth-order valence-corrected chi connectivity index (χ4v) is 4.12. The van der Waals surface area contributed by atoms with Gasteiger partial charge in [-0.05, 0) is 48.7 Å². The Hall–Kier alpha value is -3.67. The zero-order valence-electron chi connectivity index (χ0n) is 17.2. The topological polar surface area (TPSA) is 79.9 Å². The number of nitrogens with zero attached hydrogens (tertiary/aromatic N) is 2. The van der Waals surface area contributed by atoms with E-state index in [9.17, 15) is 4.79 Å². The molecule has 0 unspecified atom stereocenters. The van der Waals surface area contributed by atoms with Gasteiger partial charge in [-0.1, -0.05) is 43.5 Å². The molecule has 156 valence electrons. The number of hydrogen-bond acceptors (Lipinski definition) is 4. The summed E-state index contributed by atoms with van der Waals surface area (Å²) in [6.45, 7) is 0. The third-order valence-corrected chi connectivity index (χ3v) is 5.74. The van der Waals surface area contributed by atoms with E-state index in [1.165, 1.54) is 19.3 Å². The van der Waals surface area contributed by atoms with Crippen LogP contribution in [-0.4, -0.2) is 27.1 Å². The summed E-state index contributed by atoms with van der Waals surface area (Å²) < 4.78 is 5.91. The highest BCUT2D eigenvalue weighted by atomic mass is 16.5. The van der Waals surface area contributed by atoms with Crippen molar-refractivity contribution in [2.24, 2.45) is 0 Å². The van der Waals surface area contributed by atoms with Gasteiger partial charge >= 0.3 is 0 Å². The molecule has 2 heterocycles. The van der Waals surface area contributed by atoms with E-state index in [4.69, 9.17) is 4.74 Å². The molecule has 1 saturated carbocycles. The molecule has 2 aromatic carbocycles. The molecule has 31 heavy (non-hydrogen) atoms. The Balaban J connectivity index is 1.41. The van der Waals surface area contributed by atoms with Crippen molar-refractivity contribution in [2.45, 2.75) is 38.1 Å². The number of carbonyl (C=O) groups excluding carboxylic acids is 1.